The maximum Gasteiger partial charge on any atom is 0.216 e. The summed E-state index contributed by atoms with van der Waals surface area (Å²) in [5.74, 6) is -0.587. The number of ether oxygens (including phenoxy) is 1. The minimum atomic E-state index is -1.71. The van der Waals surface area contributed by atoms with Crippen molar-refractivity contribution in [3.05, 3.63) is 24.0 Å². The third kappa shape index (κ3) is 2.54. The van der Waals surface area contributed by atoms with Crippen LogP contribution < -0.4 is 4.74 Å². The van der Waals surface area contributed by atoms with Crippen molar-refractivity contribution in [3.63, 3.8) is 0 Å². The van der Waals surface area contributed by atoms with E-state index >= 15 is 0 Å². The second kappa shape index (κ2) is 5.55. The second-order valence-corrected chi connectivity index (χ2v) is 3.11. The Morgan fingerprint density at radius 1 is 1.56 bits per heavy atom. The van der Waals surface area contributed by atoms with Gasteiger partial charge in [0.25, 0.3) is 0 Å². The molecule has 6 heteroatoms. The minimum absolute atomic E-state index is 0.0787. The molecule has 2 unspecified atom stereocenters. The zero-order valence-corrected chi connectivity index (χ0v) is 8.70. The predicted octanol–water partition coefficient (Wildman–Crippen LogP) is -1.01. The number of rotatable bonds is 5. The zero-order valence-electron chi connectivity index (χ0n) is 8.70. The molecule has 16 heavy (non-hydrogen) atoms. The highest BCUT2D eigenvalue weighted by molar-refractivity contribution is 6.00. The zero-order chi connectivity index (χ0) is 12.1. The van der Waals surface area contributed by atoms with Crippen LogP contribution in [0, 0.1) is 0 Å². The van der Waals surface area contributed by atoms with Crippen molar-refractivity contribution in [1.82, 2.24) is 4.98 Å². The number of aliphatic hydroxyl groups is 3. The molecule has 0 fully saturated rings. The quantitative estimate of drug-likeness (QED) is 0.557. The Morgan fingerprint density at radius 2 is 2.25 bits per heavy atom. The van der Waals surface area contributed by atoms with Gasteiger partial charge >= 0.3 is 0 Å². The summed E-state index contributed by atoms with van der Waals surface area (Å²) in [4.78, 5) is 15.4. The topological polar surface area (TPSA) is 99.9 Å². The Hall–Kier alpha value is -1.50. The molecule has 0 saturated heterocycles. The van der Waals surface area contributed by atoms with Crippen molar-refractivity contribution in [1.29, 1.82) is 0 Å². The van der Waals surface area contributed by atoms with Crippen LogP contribution in [0.2, 0.25) is 0 Å². The summed E-state index contributed by atoms with van der Waals surface area (Å²) in [7, 11) is 1.36. The Bertz CT molecular complexity index is 368. The highest BCUT2D eigenvalue weighted by Gasteiger charge is 2.27. The molecular weight excluding hydrogens is 214 g/mol. The lowest BCUT2D eigenvalue weighted by Crippen LogP contribution is -2.37. The van der Waals surface area contributed by atoms with Crippen LogP contribution in [0.4, 0.5) is 0 Å². The number of carbonyl (C=O) groups excluding carboxylic acids is 1. The first-order valence-corrected chi connectivity index (χ1v) is 4.62. The van der Waals surface area contributed by atoms with E-state index in [1.54, 1.807) is 6.07 Å². The lowest BCUT2D eigenvalue weighted by molar-refractivity contribution is -0.00529. The summed E-state index contributed by atoms with van der Waals surface area (Å²) >= 11 is 0. The van der Waals surface area contributed by atoms with E-state index < -0.39 is 24.6 Å². The fourth-order valence-corrected chi connectivity index (χ4v) is 1.15. The van der Waals surface area contributed by atoms with Gasteiger partial charge in [-0.15, -0.1) is 0 Å². The Balaban J connectivity index is 2.95. The molecule has 0 radical (unpaired) electrons. The highest BCUT2D eigenvalue weighted by Crippen LogP contribution is 2.17. The van der Waals surface area contributed by atoms with Gasteiger partial charge in [-0.2, -0.15) is 0 Å². The first kappa shape index (κ1) is 12.6. The normalized spacial score (nSPS) is 14.2. The molecule has 1 aromatic rings. The van der Waals surface area contributed by atoms with Crippen molar-refractivity contribution in [2.75, 3.05) is 13.7 Å². The van der Waals surface area contributed by atoms with Crippen LogP contribution in [0.5, 0.6) is 5.75 Å². The number of hydrogen-bond acceptors (Lipinski definition) is 6. The number of ketones is 1. The van der Waals surface area contributed by atoms with Crippen LogP contribution in [0.15, 0.2) is 18.3 Å². The molecule has 0 spiro atoms. The van der Waals surface area contributed by atoms with E-state index in [4.69, 9.17) is 14.9 Å². The molecule has 6 nitrogen and oxygen atoms in total. The minimum Gasteiger partial charge on any atom is -0.494 e. The third-order valence-electron chi connectivity index (χ3n) is 2.04. The fraction of sp³-hybridized carbons (Fsp3) is 0.400. The summed E-state index contributed by atoms with van der Waals surface area (Å²) in [6, 6.07) is 3.09. The molecular formula is C10H13NO5. The van der Waals surface area contributed by atoms with Gasteiger partial charge in [-0.3, -0.25) is 4.79 Å². The van der Waals surface area contributed by atoms with Gasteiger partial charge in [-0.25, -0.2) is 4.98 Å². The largest absolute Gasteiger partial charge is 0.494 e. The SMILES string of the molecule is COc1cccnc1C(=O)C(O)C(O)CO. The van der Waals surface area contributed by atoms with Crippen molar-refractivity contribution >= 4 is 5.78 Å². The van der Waals surface area contributed by atoms with Crippen LogP contribution in [-0.2, 0) is 0 Å². The van der Waals surface area contributed by atoms with E-state index in [2.05, 4.69) is 4.98 Å². The molecule has 3 N–H and O–H groups in total. The van der Waals surface area contributed by atoms with Gasteiger partial charge in [-0.1, -0.05) is 0 Å². The van der Waals surface area contributed by atoms with E-state index in [0.29, 0.717) is 0 Å². The third-order valence-corrected chi connectivity index (χ3v) is 2.04. The van der Waals surface area contributed by atoms with E-state index in [9.17, 15) is 9.90 Å². The van der Waals surface area contributed by atoms with Gasteiger partial charge in [0.2, 0.25) is 5.78 Å². The summed E-state index contributed by atoms with van der Waals surface area (Å²) in [6.45, 7) is -0.706. The van der Waals surface area contributed by atoms with Gasteiger partial charge in [0.05, 0.1) is 13.7 Å². The average molecular weight is 227 g/mol. The van der Waals surface area contributed by atoms with E-state index in [-0.39, 0.29) is 11.4 Å². The molecule has 0 bridgehead atoms. The first-order valence-electron chi connectivity index (χ1n) is 4.62. The van der Waals surface area contributed by atoms with E-state index in [1.807, 2.05) is 0 Å². The van der Waals surface area contributed by atoms with Gasteiger partial charge in [0.1, 0.15) is 18.0 Å². The van der Waals surface area contributed by atoms with Crippen LogP contribution >= 0.6 is 0 Å². The second-order valence-electron chi connectivity index (χ2n) is 3.11. The lowest BCUT2D eigenvalue weighted by atomic mass is 10.1. The predicted molar refractivity (Wildman–Crippen MR) is 54.2 cm³/mol. The smallest absolute Gasteiger partial charge is 0.216 e. The molecule has 0 saturated carbocycles. The number of aliphatic hydroxyl groups excluding tert-OH is 3. The summed E-state index contributed by atoms with van der Waals surface area (Å²) in [6.07, 6.45) is -1.87. The van der Waals surface area contributed by atoms with Crippen molar-refractivity contribution in [2.24, 2.45) is 0 Å². The first-order chi connectivity index (χ1) is 7.61. The molecule has 0 aliphatic carbocycles. The van der Waals surface area contributed by atoms with Crippen LogP contribution in [0.3, 0.4) is 0 Å². The van der Waals surface area contributed by atoms with Gasteiger partial charge in [0.15, 0.2) is 5.69 Å². The van der Waals surface area contributed by atoms with Crippen molar-refractivity contribution in [2.45, 2.75) is 12.2 Å². The molecule has 0 aromatic carbocycles. The number of hydrogen-bond donors (Lipinski definition) is 3. The number of aromatic nitrogens is 1. The molecule has 0 amide bonds. The lowest BCUT2D eigenvalue weighted by Gasteiger charge is -2.14. The summed E-state index contributed by atoms with van der Waals surface area (Å²) in [5, 5.41) is 27.2. The fourth-order valence-electron chi connectivity index (χ4n) is 1.15. The van der Waals surface area contributed by atoms with Gasteiger partial charge in [0, 0.05) is 6.20 Å². The number of methoxy groups -OCH3 is 1. The van der Waals surface area contributed by atoms with E-state index in [0.717, 1.165) is 0 Å². The van der Waals surface area contributed by atoms with Gasteiger partial charge < -0.3 is 20.1 Å². The standard InChI is InChI=1S/C10H13NO5/c1-16-7-3-2-4-11-8(7)10(15)9(14)6(13)5-12/h2-4,6,9,12-14H,5H2,1H3. The maximum absolute atomic E-state index is 11.7. The maximum atomic E-state index is 11.7. The van der Waals surface area contributed by atoms with Crippen LogP contribution in [0.25, 0.3) is 0 Å². The van der Waals surface area contributed by atoms with Crippen LogP contribution in [-0.4, -0.2) is 52.0 Å². The molecule has 0 aliphatic heterocycles. The Labute approximate surface area is 92.1 Å². The molecule has 2 atom stereocenters. The molecule has 1 heterocycles. The molecule has 1 aromatic heterocycles. The van der Waals surface area contributed by atoms with Crippen molar-refractivity contribution in [3.8, 4) is 5.75 Å². The number of carbonyl (C=O) groups is 1. The summed E-state index contributed by atoms with van der Waals surface area (Å²) < 4.78 is 4.89. The Kier molecular flexibility index (Phi) is 4.36. The van der Waals surface area contributed by atoms with Gasteiger partial charge in [-0.05, 0) is 12.1 Å². The van der Waals surface area contributed by atoms with E-state index in [1.165, 1.54) is 19.4 Å². The average Bonchev–Trinajstić information content (AvgIpc) is 2.35. The molecule has 88 valence electrons. The number of Topliss-reactive ketones (excluding diaryl/α,β-unsaturated/α-hetero) is 1. The number of nitrogens with zero attached hydrogens (tertiary/aromatic N) is 1. The Morgan fingerprint density at radius 3 is 2.81 bits per heavy atom. The number of pyridine rings is 1. The highest BCUT2D eigenvalue weighted by atomic mass is 16.5. The van der Waals surface area contributed by atoms with Crippen LogP contribution in [0.1, 0.15) is 10.5 Å². The molecule has 1 rings (SSSR count). The monoisotopic (exact) mass is 227 g/mol. The molecule has 0 aliphatic rings. The summed E-state index contributed by atoms with van der Waals surface area (Å²) in [5.41, 5.74) is -0.0787. The van der Waals surface area contributed by atoms with Crippen molar-refractivity contribution < 1.29 is 24.9 Å².